The number of nitrogens with zero attached hydrogens (tertiary/aromatic N) is 3. The number of aromatic nitrogens is 3. The Labute approximate surface area is 129 Å². The van der Waals surface area contributed by atoms with E-state index in [0.717, 1.165) is 5.56 Å². The Morgan fingerprint density at radius 1 is 1.18 bits per heavy atom. The number of amides is 1. The highest BCUT2D eigenvalue weighted by molar-refractivity contribution is 6.30. The van der Waals surface area contributed by atoms with Gasteiger partial charge in [0, 0.05) is 16.7 Å². The normalized spacial score (nSPS) is 10.5. The van der Waals surface area contributed by atoms with Gasteiger partial charge in [0.1, 0.15) is 0 Å². The van der Waals surface area contributed by atoms with Gasteiger partial charge in [0.25, 0.3) is 0 Å². The third kappa shape index (κ3) is 3.07. The second kappa shape index (κ2) is 5.86. The molecule has 8 nitrogen and oxygen atoms in total. The van der Waals surface area contributed by atoms with Crippen molar-refractivity contribution < 1.29 is 13.8 Å². The molecule has 2 heterocycles. The van der Waals surface area contributed by atoms with Gasteiger partial charge in [-0.25, -0.2) is 5.43 Å². The number of anilines is 1. The molecule has 0 saturated heterocycles. The lowest BCUT2D eigenvalue weighted by atomic mass is 10.2. The van der Waals surface area contributed by atoms with Crippen LogP contribution in [-0.4, -0.2) is 21.2 Å². The molecule has 0 spiro atoms. The molecule has 112 valence electrons. The van der Waals surface area contributed by atoms with Crippen LogP contribution in [0.4, 0.5) is 6.01 Å². The van der Waals surface area contributed by atoms with Crippen molar-refractivity contribution in [3.63, 3.8) is 0 Å². The maximum absolute atomic E-state index is 11.7. The second-order valence-electron chi connectivity index (χ2n) is 4.34. The van der Waals surface area contributed by atoms with Crippen LogP contribution in [0.2, 0.25) is 5.02 Å². The average molecular weight is 320 g/mol. The molecule has 1 amide bonds. The van der Waals surface area contributed by atoms with Crippen molar-refractivity contribution in [2.24, 2.45) is 0 Å². The summed E-state index contributed by atoms with van der Waals surface area (Å²) in [6, 6.07) is 8.49. The number of carbonyl (C=O) groups excluding carboxylic acids is 1. The minimum absolute atomic E-state index is 0.0366. The highest BCUT2D eigenvalue weighted by Crippen LogP contribution is 2.19. The summed E-state index contributed by atoms with van der Waals surface area (Å²) in [5.41, 5.74) is 6.20. The van der Waals surface area contributed by atoms with Gasteiger partial charge in [0.05, 0.1) is 5.69 Å². The quantitative estimate of drug-likeness (QED) is 0.711. The fourth-order valence-corrected chi connectivity index (χ4v) is 1.76. The van der Waals surface area contributed by atoms with Crippen molar-refractivity contribution in [3.05, 3.63) is 46.8 Å². The molecule has 3 rings (SSSR count). The maximum atomic E-state index is 11.7. The number of hydrogen-bond donors (Lipinski definition) is 2. The molecule has 0 atom stereocenters. The highest BCUT2D eigenvalue weighted by atomic mass is 35.5. The Morgan fingerprint density at radius 2 is 1.95 bits per heavy atom. The first-order chi connectivity index (χ1) is 10.6. The van der Waals surface area contributed by atoms with Crippen LogP contribution >= 0.6 is 11.6 Å². The third-order valence-corrected chi connectivity index (χ3v) is 2.92. The maximum Gasteiger partial charge on any atom is 0.340 e. The zero-order valence-electron chi connectivity index (χ0n) is 11.3. The standard InChI is InChI=1S/C13H10ClN5O3/c1-7-6-10(21-18-7)12(20)16-17-13-15-11(19-22-13)8-2-4-9(14)5-3-8/h2-6H,1H3,(H,16,20)(H,15,17,19). The fourth-order valence-electron chi connectivity index (χ4n) is 1.63. The molecule has 2 N–H and O–H groups in total. The van der Waals surface area contributed by atoms with Crippen LogP contribution in [0.5, 0.6) is 0 Å². The zero-order valence-corrected chi connectivity index (χ0v) is 12.1. The number of hydrazine groups is 1. The summed E-state index contributed by atoms with van der Waals surface area (Å²) in [6.45, 7) is 1.71. The predicted molar refractivity (Wildman–Crippen MR) is 77.1 cm³/mol. The van der Waals surface area contributed by atoms with Gasteiger partial charge in [-0.15, -0.1) is 0 Å². The summed E-state index contributed by atoms with van der Waals surface area (Å²) in [5, 5.41) is 8.02. The van der Waals surface area contributed by atoms with Gasteiger partial charge in [-0.2, -0.15) is 4.98 Å². The minimum Gasteiger partial charge on any atom is -0.351 e. The summed E-state index contributed by atoms with van der Waals surface area (Å²) in [5.74, 6) is -0.0711. The van der Waals surface area contributed by atoms with E-state index in [-0.39, 0.29) is 11.8 Å². The zero-order chi connectivity index (χ0) is 15.5. The van der Waals surface area contributed by atoms with Gasteiger partial charge in [-0.05, 0) is 31.2 Å². The van der Waals surface area contributed by atoms with E-state index >= 15 is 0 Å². The van der Waals surface area contributed by atoms with Crippen molar-refractivity contribution in [1.29, 1.82) is 0 Å². The van der Waals surface area contributed by atoms with E-state index in [1.807, 2.05) is 0 Å². The molecule has 9 heteroatoms. The molecule has 0 fully saturated rings. The molecule has 0 aliphatic heterocycles. The summed E-state index contributed by atoms with van der Waals surface area (Å²) < 4.78 is 9.79. The topological polar surface area (TPSA) is 106 Å². The molecule has 0 unspecified atom stereocenters. The van der Waals surface area contributed by atoms with Crippen molar-refractivity contribution in [3.8, 4) is 11.4 Å². The lowest BCUT2D eigenvalue weighted by molar-refractivity contribution is 0.0924. The van der Waals surface area contributed by atoms with E-state index in [0.29, 0.717) is 16.5 Å². The summed E-state index contributed by atoms with van der Waals surface area (Å²) in [7, 11) is 0. The van der Waals surface area contributed by atoms with Crippen LogP contribution in [0.3, 0.4) is 0 Å². The van der Waals surface area contributed by atoms with Crippen molar-refractivity contribution in [2.45, 2.75) is 6.92 Å². The lowest BCUT2D eigenvalue weighted by Gasteiger charge is -2.00. The Bertz CT molecular complexity index is 796. The Kier molecular flexibility index (Phi) is 3.75. The van der Waals surface area contributed by atoms with Crippen LogP contribution in [0.25, 0.3) is 11.4 Å². The number of nitrogens with one attached hydrogen (secondary N) is 2. The summed E-state index contributed by atoms with van der Waals surface area (Å²) >= 11 is 5.81. The van der Waals surface area contributed by atoms with Crippen LogP contribution in [0.15, 0.2) is 39.4 Å². The molecule has 3 aromatic rings. The Morgan fingerprint density at radius 3 is 2.64 bits per heavy atom. The van der Waals surface area contributed by atoms with Crippen LogP contribution in [0, 0.1) is 6.92 Å². The van der Waals surface area contributed by atoms with E-state index in [1.165, 1.54) is 6.07 Å². The van der Waals surface area contributed by atoms with E-state index in [9.17, 15) is 4.79 Å². The number of halogens is 1. The van der Waals surface area contributed by atoms with Crippen molar-refractivity contribution in [1.82, 2.24) is 20.7 Å². The number of rotatable bonds is 4. The van der Waals surface area contributed by atoms with Crippen molar-refractivity contribution in [2.75, 3.05) is 5.43 Å². The third-order valence-electron chi connectivity index (χ3n) is 2.66. The Hall–Kier alpha value is -2.87. The minimum atomic E-state index is -0.508. The number of carbonyl (C=O) groups is 1. The van der Waals surface area contributed by atoms with Gasteiger partial charge >= 0.3 is 11.9 Å². The fraction of sp³-hybridized carbons (Fsp3) is 0.0769. The van der Waals surface area contributed by atoms with Gasteiger partial charge in [0.2, 0.25) is 11.6 Å². The number of benzene rings is 1. The molecule has 0 aliphatic carbocycles. The van der Waals surface area contributed by atoms with Gasteiger partial charge in [0.15, 0.2) is 0 Å². The average Bonchev–Trinajstić information content (AvgIpc) is 3.15. The van der Waals surface area contributed by atoms with Gasteiger partial charge in [-0.3, -0.25) is 10.2 Å². The van der Waals surface area contributed by atoms with E-state index < -0.39 is 5.91 Å². The molecule has 0 saturated carbocycles. The SMILES string of the molecule is Cc1cc(C(=O)NNc2nc(-c3ccc(Cl)cc3)no2)on1. The monoisotopic (exact) mass is 319 g/mol. The first-order valence-electron chi connectivity index (χ1n) is 6.21. The van der Waals surface area contributed by atoms with E-state index in [4.69, 9.17) is 20.6 Å². The first-order valence-corrected chi connectivity index (χ1v) is 6.59. The van der Waals surface area contributed by atoms with Crippen LogP contribution < -0.4 is 10.9 Å². The van der Waals surface area contributed by atoms with Gasteiger partial charge in [-0.1, -0.05) is 21.9 Å². The Balaban J connectivity index is 1.64. The first kappa shape index (κ1) is 14.1. The lowest BCUT2D eigenvalue weighted by Crippen LogP contribution is -2.29. The van der Waals surface area contributed by atoms with Gasteiger partial charge < -0.3 is 9.05 Å². The smallest absolute Gasteiger partial charge is 0.340 e. The predicted octanol–water partition coefficient (Wildman–Crippen LogP) is 2.44. The molecular weight excluding hydrogens is 310 g/mol. The molecule has 1 aromatic carbocycles. The summed E-state index contributed by atoms with van der Waals surface area (Å²) in [4.78, 5) is 15.8. The van der Waals surface area contributed by atoms with E-state index in [1.54, 1.807) is 31.2 Å². The van der Waals surface area contributed by atoms with Crippen LogP contribution in [-0.2, 0) is 0 Å². The second-order valence-corrected chi connectivity index (χ2v) is 4.78. The molecule has 0 aliphatic rings. The number of hydrogen-bond acceptors (Lipinski definition) is 7. The molecule has 22 heavy (non-hydrogen) atoms. The van der Waals surface area contributed by atoms with Crippen LogP contribution in [0.1, 0.15) is 16.2 Å². The molecule has 2 aromatic heterocycles. The molecular formula is C13H10ClN5O3. The highest BCUT2D eigenvalue weighted by Gasteiger charge is 2.13. The number of aryl methyl sites for hydroxylation is 1. The summed E-state index contributed by atoms with van der Waals surface area (Å²) in [6.07, 6.45) is 0. The van der Waals surface area contributed by atoms with Crippen molar-refractivity contribution >= 4 is 23.5 Å². The molecule has 0 radical (unpaired) electrons. The molecule has 0 bridgehead atoms. The largest absolute Gasteiger partial charge is 0.351 e. The van der Waals surface area contributed by atoms with E-state index in [2.05, 4.69) is 26.1 Å².